The first-order valence-corrected chi connectivity index (χ1v) is 5.75. The van der Waals surface area contributed by atoms with Gasteiger partial charge in [-0.1, -0.05) is 0 Å². The Morgan fingerprint density at radius 3 is 2.70 bits per heavy atom. The third-order valence-corrected chi connectivity index (χ3v) is 2.63. The fourth-order valence-corrected chi connectivity index (χ4v) is 1.65. The molecule has 0 bridgehead atoms. The van der Waals surface area contributed by atoms with E-state index in [2.05, 4.69) is 5.32 Å². The number of nitrogens with zero attached hydrogens (tertiary/aromatic N) is 1. The number of halogens is 1. The molecule has 0 saturated carbocycles. The monoisotopic (exact) mass is 278 g/mol. The van der Waals surface area contributed by atoms with Crippen molar-refractivity contribution in [2.45, 2.75) is 13.5 Å². The predicted molar refractivity (Wildman–Crippen MR) is 67.7 cm³/mol. The van der Waals surface area contributed by atoms with Gasteiger partial charge in [-0.15, -0.1) is 0 Å². The number of amides is 1. The lowest BCUT2D eigenvalue weighted by Crippen LogP contribution is -2.22. The molecule has 0 spiro atoms. The predicted octanol–water partition coefficient (Wildman–Crippen LogP) is 2.57. The third-order valence-electron chi connectivity index (χ3n) is 2.63. The number of nitro benzene ring substituents is 1. The number of rotatable bonds is 4. The summed E-state index contributed by atoms with van der Waals surface area (Å²) in [5, 5.41) is 13.0. The molecule has 1 aromatic carbocycles. The fraction of sp³-hybridized carbons (Fsp3) is 0.154. The van der Waals surface area contributed by atoms with Crippen LogP contribution in [0.4, 0.5) is 10.1 Å². The Labute approximate surface area is 113 Å². The summed E-state index contributed by atoms with van der Waals surface area (Å²) in [5.41, 5.74) is -0.653. The molecule has 0 atom stereocenters. The molecule has 0 radical (unpaired) electrons. The molecule has 104 valence electrons. The van der Waals surface area contributed by atoms with E-state index < -0.39 is 22.3 Å². The van der Waals surface area contributed by atoms with Crippen molar-refractivity contribution in [1.82, 2.24) is 5.32 Å². The fourth-order valence-electron chi connectivity index (χ4n) is 1.65. The lowest BCUT2D eigenvalue weighted by Gasteiger charge is -2.03. The van der Waals surface area contributed by atoms with E-state index in [9.17, 15) is 19.3 Å². The van der Waals surface area contributed by atoms with Crippen LogP contribution in [0.25, 0.3) is 0 Å². The minimum Gasteiger partial charge on any atom is -0.465 e. The van der Waals surface area contributed by atoms with Crippen LogP contribution < -0.4 is 5.32 Å². The smallest absolute Gasteiger partial charge is 0.304 e. The highest BCUT2D eigenvalue weighted by atomic mass is 19.1. The van der Waals surface area contributed by atoms with Crippen LogP contribution >= 0.6 is 0 Å². The van der Waals surface area contributed by atoms with E-state index in [1.165, 1.54) is 6.07 Å². The summed E-state index contributed by atoms with van der Waals surface area (Å²) < 4.78 is 18.7. The number of benzene rings is 1. The van der Waals surface area contributed by atoms with E-state index in [0.717, 1.165) is 17.9 Å². The van der Waals surface area contributed by atoms with Crippen LogP contribution in [0.15, 0.2) is 34.7 Å². The minimum absolute atomic E-state index is 0.0105. The van der Waals surface area contributed by atoms with Crippen LogP contribution in [0.1, 0.15) is 21.9 Å². The lowest BCUT2D eigenvalue weighted by molar-refractivity contribution is -0.387. The van der Waals surface area contributed by atoms with Crippen molar-refractivity contribution in [3.63, 3.8) is 0 Å². The standard InChI is InChI=1S/C13H11FN2O4/c1-8-2-4-10(20-8)7-15-13(17)9-3-5-12(16(18)19)11(14)6-9/h2-6H,7H2,1H3,(H,15,17). The quantitative estimate of drug-likeness (QED) is 0.688. The zero-order chi connectivity index (χ0) is 14.7. The Morgan fingerprint density at radius 1 is 1.40 bits per heavy atom. The first-order chi connectivity index (χ1) is 9.47. The van der Waals surface area contributed by atoms with Gasteiger partial charge in [-0.25, -0.2) is 0 Å². The van der Waals surface area contributed by atoms with Gasteiger partial charge in [0.25, 0.3) is 5.91 Å². The SMILES string of the molecule is Cc1ccc(CNC(=O)c2ccc([N+](=O)[O-])c(F)c2)o1. The number of hydrogen-bond donors (Lipinski definition) is 1. The summed E-state index contributed by atoms with van der Waals surface area (Å²) in [6, 6.07) is 6.46. The van der Waals surface area contributed by atoms with Crippen LogP contribution in [0.3, 0.4) is 0 Å². The van der Waals surface area contributed by atoms with Gasteiger partial charge in [-0.2, -0.15) is 4.39 Å². The molecule has 7 heteroatoms. The summed E-state index contributed by atoms with van der Waals surface area (Å²) >= 11 is 0. The lowest BCUT2D eigenvalue weighted by atomic mass is 10.2. The zero-order valence-electron chi connectivity index (χ0n) is 10.6. The summed E-state index contributed by atoms with van der Waals surface area (Å²) in [7, 11) is 0. The Balaban J connectivity index is 2.06. The molecule has 20 heavy (non-hydrogen) atoms. The van der Waals surface area contributed by atoms with E-state index in [0.29, 0.717) is 5.76 Å². The first kappa shape index (κ1) is 13.7. The molecule has 0 aliphatic heterocycles. The van der Waals surface area contributed by atoms with Crippen molar-refractivity contribution in [1.29, 1.82) is 0 Å². The Hall–Kier alpha value is -2.70. The molecule has 2 rings (SSSR count). The maximum absolute atomic E-state index is 13.4. The molecule has 0 fully saturated rings. The molecule has 1 N–H and O–H groups in total. The molecule has 0 unspecified atom stereocenters. The van der Waals surface area contributed by atoms with E-state index in [1.807, 2.05) is 0 Å². The van der Waals surface area contributed by atoms with Crippen molar-refractivity contribution in [3.05, 3.63) is 63.3 Å². The maximum atomic E-state index is 13.4. The van der Waals surface area contributed by atoms with E-state index in [1.54, 1.807) is 19.1 Å². The van der Waals surface area contributed by atoms with E-state index >= 15 is 0 Å². The van der Waals surface area contributed by atoms with Crippen LogP contribution in [0, 0.1) is 22.9 Å². The highest BCUT2D eigenvalue weighted by Crippen LogP contribution is 2.18. The van der Waals surface area contributed by atoms with Gasteiger partial charge in [-0.3, -0.25) is 14.9 Å². The van der Waals surface area contributed by atoms with Crippen LogP contribution in [-0.4, -0.2) is 10.8 Å². The second-order valence-corrected chi connectivity index (χ2v) is 4.12. The number of nitrogens with one attached hydrogen (secondary N) is 1. The van der Waals surface area contributed by atoms with Crippen molar-refractivity contribution in [2.75, 3.05) is 0 Å². The summed E-state index contributed by atoms with van der Waals surface area (Å²) in [6.07, 6.45) is 0. The van der Waals surface area contributed by atoms with Crippen molar-refractivity contribution < 1.29 is 18.5 Å². The Kier molecular flexibility index (Phi) is 3.79. The molecule has 6 nitrogen and oxygen atoms in total. The van der Waals surface area contributed by atoms with Gasteiger partial charge in [0.1, 0.15) is 11.5 Å². The van der Waals surface area contributed by atoms with Gasteiger partial charge in [0.15, 0.2) is 0 Å². The van der Waals surface area contributed by atoms with Crippen LogP contribution in [0.2, 0.25) is 0 Å². The number of carbonyl (C=O) groups excluding carboxylic acids is 1. The summed E-state index contributed by atoms with van der Waals surface area (Å²) in [5.74, 6) is -0.293. The van der Waals surface area contributed by atoms with Crippen molar-refractivity contribution in [3.8, 4) is 0 Å². The first-order valence-electron chi connectivity index (χ1n) is 5.75. The molecule has 1 amide bonds. The van der Waals surface area contributed by atoms with Gasteiger partial charge in [0.05, 0.1) is 11.5 Å². The normalized spacial score (nSPS) is 10.3. The topological polar surface area (TPSA) is 85.4 Å². The van der Waals surface area contributed by atoms with Gasteiger partial charge in [0.2, 0.25) is 5.82 Å². The molecule has 2 aromatic rings. The second kappa shape index (κ2) is 5.52. The van der Waals surface area contributed by atoms with Gasteiger partial charge >= 0.3 is 5.69 Å². The molecular formula is C13H11FN2O4. The Morgan fingerprint density at radius 2 is 2.15 bits per heavy atom. The van der Waals surface area contributed by atoms with Crippen LogP contribution in [-0.2, 0) is 6.54 Å². The summed E-state index contributed by atoms with van der Waals surface area (Å²) in [6.45, 7) is 1.93. The minimum atomic E-state index is -1.04. The molecule has 0 aliphatic carbocycles. The highest BCUT2D eigenvalue weighted by Gasteiger charge is 2.16. The van der Waals surface area contributed by atoms with Crippen molar-refractivity contribution in [2.24, 2.45) is 0 Å². The largest absolute Gasteiger partial charge is 0.465 e. The van der Waals surface area contributed by atoms with Gasteiger partial charge in [-0.05, 0) is 31.2 Å². The molecule has 0 saturated heterocycles. The number of carbonyl (C=O) groups is 1. The molecule has 1 aromatic heterocycles. The number of aryl methyl sites for hydroxylation is 1. The summed E-state index contributed by atoms with van der Waals surface area (Å²) in [4.78, 5) is 21.4. The number of furan rings is 1. The Bertz CT molecular complexity index is 666. The average Bonchev–Trinajstić information content (AvgIpc) is 2.81. The molecular weight excluding hydrogens is 267 g/mol. The van der Waals surface area contributed by atoms with Crippen LogP contribution in [0.5, 0.6) is 0 Å². The maximum Gasteiger partial charge on any atom is 0.304 e. The highest BCUT2D eigenvalue weighted by molar-refractivity contribution is 5.94. The number of nitro groups is 1. The van der Waals surface area contributed by atoms with Gasteiger partial charge < -0.3 is 9.73 Å². The van der Waals surface area contributed by atoms with Crippen molar-refractivity contribution >= 4 is 11.6 Å². The van der Waals surface area contributed by atoms with E-state index in [4.69, 9.17) is 4.42 Å². The molecule has 0 aliphatic rings. The van der Waals surface area contributed by atoms with Gasteiger partial charge in [0, 0.05) is 11.6 Å². The average molecular weight is 278 g/mol. The second-order valence-electron chi connectivity index (χ2n) is 4.12. The molecule has 1 heterocycles. The zero-order valence-corrected chi connectivity index (χ0v) is 10.6. The third kappa shape index (κ3) is 3.00. The number of hydrogen-bond acceptors (Lipinski definition) is 4. The van der Waals surface area contributed by atoms with E-state index in [-0.39, 0.29) is 12.1 Å².